The summed E-state index contributed by atoms with van der Waals surface area (Å²) in [6, 6.07) is 11.5. The maximum atomic E-state index is 2.46. The van der Waals surface area contributed by atoms with Crippen LogP contribution in [0.4, 0.5) is 0 Å². The van der Waals surface area contributed by atoms with Crippen molar-refractivity contribution < 1.29 is 0 Å². The molecule has 0 heterocycles. The summed E-state index contributed by atoms with van der Waals surface area (Å²) in [7, 11) is 2.23. The fourth-order valence-corrected chi connectivity index (χ4v) is 1.87. The normalized spacial score (nSPS) is 13.0. The molecule has 0 aliphatic rings. The highest BCUT2D eigenvalue weighted by molar-refractivity contribution is 5.14. The molecule has 16 heavy (non-hydrogen) atoms. The van der Waals surface area contributed by atoms with Crippen LogP contribution in [-0.4, -0.2) is 24.5 Å². The van der Waals surface area contributed by atoms with Crippen molar-refractivity contribution >= 4 is 0 Å². The van der Waals surface area contributed by atoms with Crippen LogP contribution in [0.1, 0.15) is 38.7 Å². The second-order valence-electron chi connectivity index (χ2n) is 4.68. The lowest BCUT2D eigenvalue weighted by atomic mass is 10.1. The maximum absolute atomic E-state index is 2.46. The molecule has 0 saturated heterocycles. The quantitative estimate of drug-likeness (QED) is 0.631. The van der Waals surface area contributed by atoms with Crippen LogP contribution in [0.15, 0.2) is 30.3 Å². The van der Waals surface area contributed by atoms with Crippen LogP contribution in [-0.2, 0) is 6.42 Å². The number of aryl methyl sites for hydroxylation is 1. The van der Waals surface area contributed by atoms with Crippen LogP contribution in [0.3, 0.4) is 0 Å². The van der Waals surface area contributed by atoms with E-state index in [1.54, 1.807) is 0 Å². The van der Waals surface area contributed by atoms with Gasteiger partial charge in [-0.3, -0.25) is 0 Å². The Balaban J connectivity index is 2.13. The van der Waals surface area contributed by atoms with Crippen LogP contribution < -0.4 is 0 Å². The maximum Gasteiger partial charge on any atom is 0.00612 e. The van der Waals surface area contributed by atoms with Crippen LogP contribution >= 0.6 is 0 Å². The van der Waals surface area contributed by atoms with Crippen molar-refractivity contribution in [1.82, 2.24) is 4.90 Å². The summed E-state index contributed by atoms with van der Waals surface area (Å²) in [6.45, 7) is 5.78. The van der Waals surface area contributed by atoms with E-state index >= 15 is 0 Å². The van der Waals surface area contributed by atoms with Gasteiger partial charge >= 0.3 is 0 Å². The van der Waals surface area contributed by atoms with E-state index < -0.39 is 0 Å². The second-order valence-corrected chi connectivity index (χ2v) is 4.68. The highest BCUT2D eigenvalue weighted by atomic mass is 15.1. The summed E-state index contributed by atoms with van der Waals surface area (Å²) < 4.78 is 0. The summed E-state index contributed by atoms with van der Waals surface area (Å²) in [4.78, 5) is 2.46. The predicted octanol–water partition coefficient (Wildman–Crippen LogP) is 3.74. The smallest absolute Gasteiger partial charge is 0.00612 e. The molecule has 1 aromatic carbocycles. The first-order chi connectivity index (χ1) is 7.74. The minimum Gasteiger partial charge on any atom is -0.304 e. The van der Waals surface area contributed by atoms with E-state index in [4.69, 9.17) is 0 Å². The van der Waals surface area contributed by atoms with E-state index in [1.807, 2.05) is 0 Å². The van der Waals surface area contributed by atoms with E-state index in [9.17, 15) is 0 Å². The molecule has 1 rings (SSSR count). The van der Waals surface area contributed by atoms with Gasteiger partial charge in [0.05, 0.1) is 0 Å². The van der Waals surface area contributed by atoms with Gasteiger partial charge in [-0.15, -0.1) is 0 Å². The number of benzene rings is 1. The molecular formula is C15H25N. The zero-order valence-electron chi connectivity index (χ0n) is 10.9. The fraction of sp³-hybridized carbons (Fsp3) is 0.600. The Morgan fingerprint density at radius 1 is 1.12 bits per heavy atom. The number of unbranched alkanes of at least 4 members (excludes halogenated alkanes) is 1. The molecule has 90 valence electrons. The fourth-order valence-electron chi connectivity index (χ4n) is 1.87. The predicted molar refractivity (Wildman–Crippen MR) is 71.8 cm³/mol. The summed E-state index contributed by atoms with van der Waals surface area (Å²) in [5.74, 6) is 0. The van der Waals surface area contributed by atoms with Crippen molar-refractivity contribution in [3.05, 3.63) is 35.9 Å². The molecule has 0 saturated carbocycles. The summed E-state index contributed by atoms with van der Waals surface area (Å²) in [5.41, 5.74) is 1.47. The van der Waals surface area contributed by atoms with E-state index in [1.165, 1.54) is 37.8 Å². The van der Waals surface area contributed by atoms with Gasteiger partial charge in [0.25, 0.3) is 0 Å². The molecule has 1 atom stereocenters. The van der Waals surface area contributed by atoms with Gasteiger partial charge in [-0.2, -0.15) is 0 Å². The number of rotatable bonds is 7. The Morgan fingerprint density at radius 2 is 1.81 bits per heavy atom. The van der Waals surface area contributed by atoms with E-state index in [2.05, 4.69) is 56.1 Å². The molecule has 0 spiro atoms. The average Bonchev–Trinajstić information content (AvgIpc) is 2.34. The minimum atomic E-state index is 0.719. The third-order valence-corrected chi connectivity index (χ3v) is 3.41. The third-order valence-electron chi connectivity index (χ3n) is 3.41. The van der Waals surface area contributed by atoms with Crippen molar-refractivity contribution in [1.29, 1.82) is 0 Å². The molecule has 0 radical (unpaired) electrons. The topological polar surface area (TPSA) is 3.24 Å². The molecule has 1 unspecified atom stereocenters. The molecule has 1 nitrogen and oxygen atoms in total. The lowest BCUT2D eigenvalue weighted by Gasteiger charge is -2.23. The largest absolute Gasteiger partial charge is 0.304 e. The zero-order chi connectivity index (χ0) is 11.8. The highest BCUT2D eigenvalue weighted by Crippen LogP contribution is 2.07. The van der Waals surface area contributed by atoms with Crippen molar-refractivity contribution in [3.63, 3.8) is 0 Å². The molecule has 1 aromatic rings. The molecule has 1 heteroatoms. The molecular weight excluding hydrogens is 194 g/mol. The molecule has 0 N–H and O–H groups in total. The van der Waals surface area contributed by atoms with Crippen LogP contribution in [0.25, 0.3) is 0 Å². The Kier molecular flexibility index (Phi) is 6.17. The van der Waals surface area contributed by atoms with Gasteiger partial charge in [0.15, 0.2) is 0 Å². The standard InChI is InChI=1S/C15H25N/c1-4-14(2)16(3)13-9-8-12-15-10-6-5-7-11-15/h5-7,10-11,14H,4,8-9,12-13H2,1-3H3. The molecule has 0 fully saturated rings. The minimum absolute atomic E-state index is 0.719. The lowest BCUT2D eigenvalue weighted by molar-refractivity contribution is 0.247. The van der Waals surface area contributed by atoms with Gasteiger partial charge in [0.1, 0.15) is 0 Å². The lowest BCUT2D eigenvalue weighted by Crippen LogP contribution is -2.29. The van der Waals surface area contributed by atoms with Crippen LogP contribution in [0, 0.1) is 0 Å². The SMILES string of the molecule is CCC(C)N(C)CCCCc1ccccc1. The van der Waals surface area contributed by atoms with Gasteiger partial charge in [-0.25, -0.2) is 0 Å². The van der Waals surface area contributed by atoms with Gasteiger partial charge in [-0.05, 0) is 51.8 Å². The summed E-state index contributed by atoms with van der Waals surface area (Å²) in [5, 5.41) is 0. The van der Waals surface area contributed by atoms with Crippen molar-refractivity contribution in [2.75, 3.05) is 13.6 Å². The highest BCUT2D eigenvalue weighted by Gasteiger charge is 2.05. The Bertz CT molecular complexity index is 268. The van der Waals surface area contributed by atoms with Gasteiger partial charge in [0, 0.05) is 6.04 Å². The molecule has 0 bridgehead atoms. The van der Waals surface area contributed by atoms with Crippen molar-refractivity contribution in [2.24, 2.45) is 0 Å². The second kappa shape index (κ2) is 7.45. The number of hydrogen-bond donors (Lipinski definition) is 0. The number of hydrogen-bond acceptors (Lipinski definition) is 1. The zero-order valence-corrected chi connectivity index (χ0v) is 10.9. The van der Waals surface area contributed by atoms with Crippen molar-refractivity contribution in [2.45, 2.75) is 45.6 Å². The van der Waals surface area contributed by atoms with Gasteiger partial charge in [0.2, 0.25) is 0 Å². The first-order valence-corrected chi connectivity index (χ1v) is 6.48. The van der Waals surface area contributed by atoms with Gasteiger partial charge < -0.3 is 4.90 Å². The van der Waals surface area contributed by atoms with E-state index in [0.717, 1.165) is 6.04 Å². The van der Waals surface area contributed by atoms with Crippen LogP contribution in [0.2, 0.25) is 0 Å². The monoisotopic (exact) mass is 219 g/mol. The van der Waals surface area contributed by atoms with Crippen molar-refractivity contribution in [3.8, 4) is 0 Å². The first-order valence-electron chi connectivity index (χ1n) is 6.48. The Hall–Kier alpha value is -0.820. The molecule has 0 aliphatic carbocycles. The van der Waals surface area contributed by atoms with Crippen LogP contribution in [0.5, 0.6) is 0 Å². The average molecular weight is 219 g/mol. The van der Waals surface area contributed by atoms with E-state index in [0.29, 0.717) is 0 Å². The molecule has 0 aliphatic heterocycles. The Morgan fingerprint density at radius 3 is 2.44 bits per heavy atom. The molecule has 0 aromatic heterocycles. The first kappa shape index (κ1) is 13.2. The van der Waals surface area contributed by atoms with Gasteiger partial charge in [-0.1, -0.05) is 37.3 Å². The molecule has 0 amide bonds. The Labute approximate surface area is 100 Å². The third kappa shape index (κ3) is 4.80. The number of nitrogens with zero attached hydrogens (tertiary/aromatic N) is 1. The summed E-state index contributed by atoms with van der Waals surface area (Å²) >= 11 is 0. The van der Waals surface area contributed by atoms with E-state index in [-0.39, 0.29) is 0 Å². The summed E-state index contributed by atoms with van der Waals surface area (Å²) in [6.07, 6.45) is 5.06.